The Morgan fingerprint density at radius 2 is 0.724 bits per heavy atom. The normalized spacial score (nSPS) is 28.1. The zero-order chi connectivity index (χ0) is 39.0. The summed E-state index contributed by atoms with van der Waals surface area (Å²) in [5, 5.41) is 0. The molecule has 5 aromatic rings. The molecule has 1 unspecified atom stereocenters. The van der Waals surface area contributed by atoms with E-state index in [1.807, 2.05) is 0 Å². The third-order valence-electron chi connectivity index (χ3n) is 14.8. The van der Waals surface area contributed by atoms with E-state index in [4.69, 9.17) is 37.7 Å². The summed E-state index contributed by atoms with van der Waals surface area (Å²) < 4.78 is 56.2. The van der Waals surface area contributed by atoms with E-state index >= 15 is 0 Å². The largest absolute Gasteiger partial charge is 0.585 e. The number of phosphoric ester groups is 1. The Hall–Kier alpha value is -4.12. The van der Waals surface area contributed by atoms with Gasteiger partial charge in [-0.15, -0.1) is 14.0 Å². The van der Waals surface area contributed by atoms with Crippen molar-refractivity contribution in [3.05, 3.63) is 162 Å². The van der Waals surface area contributed by atoms with Crippen LogP contribution in [0.25, 0.3) is 0 Å². The molecule has 294 valence electrons. The Labute approximate surface area is 334 Å². The molecule has 0 spiro atoms. The lowest BCUT2D eigenvalue weighted by Crippen LogP contribution is -2.17. The number of rotatable bonds is 10. The molecule has 9 atom stereocenters. The first-order valence-electron chi connectivity index (χ1n) is 20.0. The predicted octanol–water partition coefficient (Wildman–Crippen LogP) is 10.3. The van der Waals surface area contributed by atoms with Crippen molar-refractivity contribution < 1.29 is 51.8 Å². The van der Waals surface area contributed by atoms with Gasteiger partial charge in [-0.05, 0) is 92.4 Å². The Bertz CT molecular complexity index is 2630. The molecule has 13 heteroatoms. The van der Waals surface area contributed by atoms with Crippen LogP contribution in [0.15, 0.2) is 72.8 Å². The summed E-state index contributed by atoms with van der Waals surface area (Å²) in [6.45, 7) is 0. The number of fused-ring (bicyclic) bond motifs is 32. The molecular weight excluding hydrogens is 778 g/mol. The van der Waals surface area contributed by atoms with Crippen molar-refractivity contribution in [2.24, 2.45) is 0 Å². The molecule has 0 aromatic heterocycles. The second kappa shape index (κ2) is 11.8. The molecule has 0 fully saturated rings. The third-order valence-corrected chi connectivity index (χ3v) is 16.6. The number of phosphoric acid groups is 2. The topological polar surface area (TPSA) is 128 Å². The second-order valence-electron chi connectivity index (χ2n) is 17.0. The zero-order valence-electron chi connectivity index (χ0n) is 31.8. The van der Waals surface area contributed by atoms with Crippen LogP contribution in [-0.4, -0.2) is 26.2 Å². The number of hydrogen-bond donors (Lipinski definition) is 1. The van der Waals surface area contributed by atoms with Crippen molar-refractivity contribution in [2.75, 3.05) is 21.3 Å². The highest BCUT2D eigenvalue weighted by Gasteiger charge is 2.57. The highest BCUT2D eigenvalue weighted by atomic mass is 31.2. The Kier molecular flexibility index (Phi) is 7.06. The van der Waals surface area contributed by atoms with Gasteiger partial charge in [0.25, 0.3) is 0 Å². The van der Waals surface area contributed by atoms with E-state index in [1.165, 1.54) is 77.0 Å². The maximum Gasteiger partial charge on any atom is 0.585 e. The summed E-state index contributed by atoms with van der Waals surface area (Å²) in [6, 6.07) is 27.0. The smallest absolute Gasteiger partial charge is 0.402 e. The molecule has 1 N–H and O–H groups in total. The van der Waals surface area contributed by atoms with Crippen LogP contribution < -0.4 is 9.05 Å². The molecule has 0 amide bonds. The van der Waals surface area contributed by atoms with Gasteiger partial charge in [-0.3, -0.25) is 4.89 Å². The fraction of sp³-hybridized carbons (Fsp3) is 0.333. The first-order chi connectivity index (χ1) is 28.2. The fourth-order valence-electron chi connectivity index (χ4n) is 13.2. The van der Waals surface area contributed by atoms with Gasteiger partial charge in [0.05, 0.1) is 21.3 Å². The van der Waals surface area contributed by atoms with Gasteiger partial charge in [0.15, 0.2) is 0 Å². The van der Waals surface area contributed by atoms with Crippen molar-refractivity contribution in [3.63, 3.8) is 0 Å². The fourth-order valence-corrected chi connectivity index (χ4v) is 14.7. The van der Waals surface area contributed by atoms with E-state index in [-0.39, 0.29) is 23.7 Å². The van der Waals surface area contributed by atoms with Crippen LogP contribution in [0.2, 0.25) is 0 Å². The van der Waals surface area contributed by atoms with E-state index in [0.717, 1.165) is 35.1 Å². The zero-order valence-corrected chi connectivity index (χ0v) is 33.6. The summed E-state index contributed by atoms with van der Waals surface area (Å²) in [6.07, 6.45) is 3.43. The van der Waals surface area contributed by atoms with E-state index in [2.05, 4.69) is 72.8 Å². The average Bonchev–Trinajstić information content (AvgIpc) is 4.09. The van der Waals surface area contributed by atoms with E-state index < -0.39 is 15.6 Å². The maximum absolute atomic E-state index is 14.3. The van der Waals surface area contributed by atoms with Crippen LogP contribution in [0.3, 0.4) is 0 Å². The van der Waals surface area contributed by atoms with Crippen LogP contribution >= 0.6 is 15.6 Å². The SMILES string of the molecule is COOP(=O)(O)Oc1c2c(c(OP(=O)(OOC)OOC)c3c1[C@H]1C[C@@H]3c3cc4c(cc31)[C@H]1C[C@@H]4c3ccccc31)[C@H]1C[C@@H]2c2cc3c(cc21)[C@H]1C[C@@H]3c2ccccc21. The second-order valence-corrected chi connectivity index (χ2v) is 19.6. The molecule has 11 nitrogen and oxygen atoms in total. The first kappa shape index (κ1) is 34.7. The van der Waals surface area contributed by atoms with Crippen LogP contribution in [-0.2, 0) is 37.8 Å². The lowest BCUT2D eigenvalue weighted by molar-refractivity contribution is -0.253. The Morgan fingerprint density at radius 1 is 0.431 bits per heavy atom. The van der Waals surface area contributed by atoms with Crippen LogP contribution in [0.5, 0.6) is 11.5 Å². The van der Waals surface area contributed by atoms with Crippen molar-refractivity contribution in [3.8, 4) is 11.5 Å². The van der Waals surface area contributed by atoms with Gasteiger partial charge in [0, 0.05) is 69.6 Å². The first-order valence-corrected chi connectivity index (χ1v) is 22.9. The molecule has 0 radical (unpaired) electrons. The molecule has 8 bridgehead atoms. The van der Waals surface area contributed by atoms with Crippen molar-refractivity contribution in [1.82, 2.24) is 0 Å². The summed E-state index contributed by atoms with van der Waals surface area (Å²) in [5.41, 5.74) is 18.5. The maximum atomic E-state index is 14.3. The summed E-state index contributed by atoms with van der Waals surface area (Å²) in [4.78, 5) is 25.8. The van der Waals surface area contributed by atoms with Crippen molar-refractivity contribution >= 4 is 15.6 Å². The third kappa shape index (κ3) is 4.34. The molecule has 58 heavy (non-hydrogen) atoms. The minimum Gasteiger partial charge on any atom is -0.402 e. The van der Waals surface area contributed by atoms with E-state index in [0.29, 0.717) is 59.1 Å². The molecule has 5 aromatic carbocycles. The monoisotopic (exact) mass is 816 g/mol. The highest BCUT2D eigenvalue weighted by molar-refractivity contribution is 7.48. The van der Waals surface area contributed by atoms with Crippen LogP contribution in [0.1, 0.15) is 162 Å². The van der Waals surface area contributed by atoms with Gasteiger partial charge in [-0.1, -0.05) is 72.8 Å². The minimum absolute atomic E-state index is 0.205. The summed E-state index contributed by atoms with van der Waals surface area (Å²) in [7, 11) is -5.70. The molecular formula is C45H38O11P2. The van der Waals surface area contributed by atoms with Gasteiger partial charge in [0.2, 0.25) is 0 Å². The highest BCUT2D eigenvalue weighted by Crippen LogP contribution is 2.73. The molecule has 0 aliphatic heterocycles. The molecule has 0 saturated carbocycles. The van der Waals surface area contributed by atoms with E-state index in [1.54, 1.807) is 0 Å². The van der Waals surface area contributed by atoms with Crippen LogP contribution in [0.4, 0.5) is 0 Å². The lowest BCUT2D eigenvalue weighted by Gasteiger charge is -2.33. The van der Waals surface area contributed by atoms with Crippen molar-refractivity contribution in [2.45, 2.75) is 73.0 Å². The number of benzene rings is 5. The molecule has 13 rings (SSSR count). The molecule has 0 heterocycles. The molecule has 8 aliphatic rings. The van der Waals surface area contributed by atoms with E-state index in [9.17, 15) is 14.0 Å². The van der Waals surface area contributed by atoms with Crippen LogP contribution in [0, 0.1) is 0 Å². The average molecular weight is 817 g/mol. The Morgan fingerprint density at radius 3 is 1.05 bits per heavy atom. The summed E-state index contributed by atoms with van der Waals surface area (Å²) >= 11 is 0. The predicted molar refractivity (Wildman–Crippen MR) is 208 cm³/mol. The lowest BCUT2D eigenvalue weighted by atomic mass is 9.74. The molecule has 0 saturated heterocycles. The van der Waals surface area contributed by atoms with Gasteiger partial charge in [-0.2, -0.15) is 0 Å². The van der Waals surface area contributed by atoms with Gasteiger partial charge < -0.3 is 9.05 Å². The van der Waals surface area contributed by atoms with Crippen molar-refractivity contribution in [1.29, 1.82) is 0 Å². The van der Waals surface area contributed by atoms with Gasteiger partial charge in [-0.25, -0.2) is 23.8 Å². The quantitative estimate of drug-likeness (QED) is 0.0822. The standard InChI is InChI=1S/C45H38O11P2/c1-49-54-57(46,47)52-44-40-36-18-38(34-16-30-26-12-24(28(30)14-32(34)36)20-8-4-6-10-22(20)26)42(40)45(53-58(48,55-50-2)56-51-3)43-39-19-37(41(43)44)33-15-29-25-13-27(31(29)17-35(33)39)23-11-7-5-9-21(23)25/h4-11,14-17,24-27,36-39H,12-13,18-19H2,1-3H3,(H,46,47)/t24-,25+,26+,27-,36-,37+,38+,39-. The van der Waals surface area contributed by atoms with Gasteiger partial charge in [0.1, 0.15) is 11.5 Å². The van der Waals surface area contributed by atoms with Gasteiger partial charge >= 0.3 is 15.6 Å². The molecule has 8 aliphatic carbocycles. The minimum atomic E-state index is -4.79. The Balaban J connectivity index is 1.04. The number of hydrogen-bond acceptors (Lipinski definition) is 10. The summed E-state index contributed by atoms with van der Waals surface area (Å²) in [5.74, 6) is 1.10.